The number of benzene rings is 1. The van der Waals surface area contributed by atoms with E-state index in [0.717, 1.165) is 12.8 Å². The normalized spacial score (nSPS) is 21.4. The number of carbonyl (C=O) groups is 1. The van der Waals surface area contributed by atoms with E-state index in [1.54, 1.807) is 0 Å². The average Bonchev–Trinajstić information content (AvgIpc) is 2.88. The lowest BCUT2D eigenvalue weighted by Crippen LogP contribution is -2.57. The van der Waals surface area contributed by atoms with Gasteiger partial charge in [0.15, 0.2) is 0 Å². The van der Waals surface area contributed by atoms with E-state index in [2.05, 4.69) is 29.6 Å². The minimum Gasteiger partial charge on any atom is -0.381 e. The molecule has 1 aliphatic heterocycles. The molecule has 1 heterocycles. The van der Waals surface area contributed by atoms with Crippen molar-refractivity contribution < 1.29 is 9.53 Å². The van der Waals surface area contributed by atoms with Crippen molar-refractivity contribution >= 4 is 5.91 Å². The van der Waals surface area contributed by atoms with Crippen LogP contribution in [-0.4, -0.2) is 31.2 Å². The standard InChI is InChI=1S/C16H22N2O2/c17-16(5-7-20-8-6-16)15(19)18-11-12-9-13-3-1-2-4-14(13)10-12/h1-4,12H,5-11,17H2,(H,18,19). The molecular formula is C16H22N2O2. The molecule has 20 heavy (non-hydrogen) atoms. The smallest absolute Gasteiger partial charge is 0.240 e. The maximum Gasteiger partial charge on any atom is 0.240 e. The molecule has 0 bridgehead atoms. The zero-order valence-electron chi connectivity index (χ0n) is 11.7. The van der Waals surface area contributed by atoms with Crippen molar-refractivity contribution in [1.82, 2.24) is 5.32 Å². The van der Waals surface area contributed by atoms with Crippen LogP contribution in [0.1, 0.15) is 24.0 Å². The minimum atomic E-state index is -0.732. The van der Waals surface area contributed by atoms with Crippen LogP contribution < -0.4 is 11.1 Å². The molecule has 3 N–H and O–H groups in total. The zero-order valence-corrected chi connectivity index (χ0v) is 11.7. The molecule has 0 radical (unpaired) electrons. The maximum absolute atomic E-state index is 12.3. The Morgan fingerprint density at radius 3 is 2.45 bits per heavy atom. The van der Waals surface area contributed by atoms with Crippen molar-refractivity contribution in [3.05, 3.63) is 35.4 Å². The monoisotopic (exact) mass is 274 g/mol. The highest BCUT2D eigenvalue weighted by atomic mass is 16.5. The summed E-state index contributed by atoms with van der Waals surface area (Å²) >= 11 is 0. The van der Waals surface area contributed by atoms with E-state index < -0.39 is 5.54 Å². The fourth-order valence-electron chi connectivity index (χ4n) is 3.17. The lowest BCUT2D eigenvalue weighted by Gasteiger charge is -2.32. The van der Waals surface area contributed by atoms with Crippen molar-refractivity contribution in [2.75, 3.05) is 19.8 Å². The molecule has 1 aromatic rings. The van der Waals surface area contributed by atoms with Crippen molar-refractivity contribution in [3.63, 3.8) is 0 Å². The SMILES string of the molecule is NC1(C(=O)NCC2Cc3ccccc3C2)CCOCC1. The van der Waals surface area contributed by atoms with Gasteiger partial charge in [-0.15, -0.1) is 0 Å². The van der Waals surface area contributed by atoms with Gasteiger partial charge in [-0.3, -0.25) is 4.79 Å². The van der Waals surface area contributed by atoms with Gasteiger partial charge in [0, 0.05) is 19.8 Å². The lowest BCUT2D eigenvalue weighted by atomic mass is 9.90. The number of ether oxygens (including phenoxy) is 1. The molecule has 4 nitrogen and oxygen atoms in total. The molecule has 108 valence electrons. The van der Waals surface area contributed by atoms with Gasteiger partial charge in [0.1, 0.15) is 0 Å². The van der Waals surface area contributed by atoms with E-state index >= 15 is 0 Å². The van der Waals surface area contributed by atoms with Gasteiger partial charge >= 0.3 is 0 Å². The number of rotatable bonds is 3. The Bertz CT molecular complexity index is 470. The van der Waals surface area contributed by atoms with Gasteiger partial charge < -0.3 is 15.8 Å². The third kappa shape index (κ3) is 2.72. The molecule has 0 spiro atoms. The molecule has 0 aromatic heterocycles. The molecule has 0 unspecified atom stereocenters. The first kappa shape index (κ1) is 13.6. The first-order valence-electron chi connectivity index (χ1n) is 7.39. The van der Waals surface area contributed by atoms with Crippen molar-refractivity contribution in [1.29, 1.82) is 0 Å². The quantitative estimate of drug-likeness (QED) is 0.865. The average molecular weight is 274 g/mol. The van der Waals surface area contributed by atoms with Gasteiger partial charge in [0.25, 0.3) is 0 Å². The first-order valence-corrected chi connectivity index (χ1v) is 7.39. The van der Waals surface area contributed by atoms with Crippen molar-refractivity contribution in [2.24, 2.45) is 11.7 Å². The van der Waals surface area contributed by atoms with E-state index in [1.165, 1.54) is 11.1 Å². The zero-order chi connectivity index (χ0) is 14.0. The molecule has 1 aromatic carbocycles. The van der Waals surface area contributed by atoms with Crippen LogP contribution in [0, 0.1) is 5.92 Å². The van der Waals surface area contributed by atoms with Crippen LogP contribution in [0.2, 0.25) is 0 Å². The number of nitrogens with two attached hydrogens (primary N) is 1. The Labute approximate surface area is 119 Å². The van der Waals surface area contributed by atoms with Crippen LogP contribution in [0.4, 0.5) is 0 Å². The molecule has 1 aliphatic carbocycles. The number of carbonyl (C=O) groups excluding carboxylic acids is 1. The first-order chi connectivity index (χ1) is 9.67. The van der Waals surface area contributed by atoms with Crippen LogP contribution in [-0.2, 0) is 22.4 Å². The topological polar surface area (TPSA) is 64.4 Å². The van der Waals surface area contributed by atoms with Crippen molar-refractivity contribution in [2.45, 2.75) is 31.2 Å². The number of amides is 1. The van der Waals surface area contributed by atoms with E-state index in [9.17, 15) is 4.79 Å². The second kappa shape index (κ2) is 5.54. The highest BCUT2D eigenvalue weighted by Crippen LogP contribution is 2.26. The molecule has 0 saturated carbocycles. The Kier molecular flexibility index (Phi) is 3.76. The van der Waals surface area contributed by atoms with Gasteiger partial charge in [0.05, 0.1) is 5.54 Å². The maximum atomic E-state index is 12.3. The van der Waals surface area contributed by atoms with Gasteiger partial charge in [-0.25, -0.2) is 0 Å². The fourth-order valence-corrected chi connectivity index (χ4v) is 3.17. The van der Waals surface area contributed by atoms with Crippen LogP contribution in [0.5, 0.6) is 0 Å². The van der Waals surface area contributed by atoms with E-state index in [4.69, 9.17) is 10.5 Å². The van der Waals surface area contributed by atoms with Gasteiger partial charge in [-0.2, -0.15) is 0 Å². The minimum absolute atomic E-state index is 0.0169. The molecule has 1 amide bonds. The second-order valence-corrected chi connectivity index (χ2v) is 6.02. The predicted octanol–water partition coefficient (Wildman–Crippen LogP) is 1.03. The van der Waals surface area contributed by atoms with E-state index in [-0.39, 0.29) is 5.91 Å². The second-order valence-electron chi connectivity index (χ2n) is 6.02. The van der Waals surface area contributed by atoms with Crippen LogP contribution >= 0.6 is 0 Å². The van der Waals surface area contributed by atoms with E-state index in [1.807, 2.05) is 0 Å². The molecule has 1 saturated heterocycles. The highest BCUT2D eigenvalue weighted by Gasteiger charge is 2.36. The Balaban J connectivity index is 1.52. The van der Waals surface area contributed by atoms with Gasteiger partial charge in [-0.05, 0) is 42.7 Å². The van der Waals surface area contributed by atoms with Crippen molar-refractivity contribution in [3.8, 4) is 0 Å². The molecule has 4 heteroatoms. The van der Waals surface area contributed by atoms with Gasteiger partial charge in [0.2, 0.25) is 5.91 Å². The number of nitrogens with one attached hydrogen (secondary N) is 1. The molecular weight excluding hydrogens is 252 g/mol. The summed E-state index contributed by atoms with van der Waals surface area (Å²) in [6.45, 7) is 1.88. The number of hydrogen-bond acceptors (Lipinski definition) is 3. The Morgan fingerprint density at radius 1 is 1.25 bits per heavy atom. The third-order valence-corrected chi connectivity index (χ3v) is 4.52. The third-order valence-electron chi connectivity index (χ3n) is 4.52. The van der Waals surface area contributed by atoms with Gasteiger partial charge in [-0.1, -0.05) is 24.3 Å². The van der Waals surface area contributed by atoms with Crippen LogP contribution in [0.15, 0.2) is 24.3 Å². The summed E-state index contributed by atoms with van der Waals surface area (Å²) in [4.78, 5) is 12.3. The largest absolute Gasteiger partial charge is 0.381 e. The summed E-state index contributed by atoms with van der Waals surface area (Å²) < 4.78 is 5.28. The Morgan fingerprint density at radius 2 is 1.85 bits per heavy atom. The summed E-state index contributed by atoms with van der Waals surface area (Å²) in [7, 11) is 0. The summed E-state index contributed by atoms with van der Waals surface area (Å²) in [5.74, 6) is 0.483. The Hall–Kier alpha value is -1.39. The molecule has 3 rings (SSSR count). The summed E-state index contributed by atoms with van der Waals surface area (Å²) in [6, 6.07) is 8.52. The number of hydrogen-bond donors (Lipinski definition) is 2. The van der Waals surface area contributed by atoms with E-state index in [0.29, 0.717) is 38.5 Å². The summed E-state index contributed by atoms with van der Waals surface area (Å²) in [6.07, 6.45) is 3.34. The molecule has 0 atom stereocenters. The van der Waals surface area contributed by atoms with Crippen LogP contribution in [0.3, 0.4) is 0 Å². The number of fused-ring (bicyclic) bond motifs is 1. The van der Waals surface area contributed by atoms with Crippen LogP contribution in [0.25, 0.3) is 0 Å². The molecule has 1 fully saturated rings. The molecule has 2 aliphatic rings. The lowest BCUT2D eigenvalue weighted by molar-refractivity contribution is -0.129. The highest BCUT2D eigenvalue weighted by molar-refractivity contribution is 5.86. The predicted molar refractivity (Wildman–Crippen MR) is 77.3 cm³/mol. The fraction of sp³-hybridized carbons (Fsp3) is 0.562. The summed E-state index contributed by atoms with van der Waals surface area (Å²) in [5, 5.41) is 3.05. The summed E-state index contributed by atoms with van der Waals surface area (Å²) in [5.41, 5.74) is 8.28.